The highest BCUT2D eigenvalue weighted by atomic mass is 16.4. The van der Waals surface area contributed by atoms with Crippen LogP contribution in [0.25, 0.3) is 0 Å². The maximum atomic E-state index is 12.2. The number of aliphatic hydroxyl groups excluding tert-OH is 1. The summed E-state index contributed by atoms with van der Waals surface area (Å²) in [5.41, 5.74) is 0. The summed E-state index contributed by atoms with van der Waals surface area (Å²) in [6, 6.07) is 0. The minimum atomic E-state index is -1.05. The normalized spacial score (nSPS) is 14.4. The van der Waals surface area contributed by atoms with Crippen LogP contribution in [0.15, 0.2) is 24.3 Å². The molecule has 0 rings (SSSR count). The van der Waals surface area contributed by atoms with Gasteiger partial charge >= 0.3 is 5.97 Å². The summed E-state index contributed by atoms with van der Waals surface area (Å²) in [6.45, 7) is 5.44. The predicted octanol–water partition coefficient (Wildman–Crippen LogP) is 11.3. The van der Waals surface area contributed by atoms with Crippen LogP contribution in [0.5, 0.6) is 0 Å². The van der Waals surface area contributed by atoms with E-state index >= 15 is 0 Å². The van der Waals surface area contributed by atoms with Gasteiger partial charge in [0.25, 0.3) is 0 Å². The summed E-state index contributed by atoms with van der Waals surface area (Å²) in [7, 11) is 1.91. The average molecular weight is 720 g/mol. The lowest BCUT2D eigenvalue weighted by molar-refractivity contribution is -0.914. The summed E-state index contributed by atoms with van der Waals surface area (Å²) in [5.74, 6) is -3.03. The third-order valence-corrected chi connectivity index (χ3v) is 10.8. The van der Waals surface area contributed by atoms with Gasteiger partial charge in [-0.05, 0) is 64.2 Å². The van der Waals surface area contributed by atoms with E-state index in [1.54, 1.807) is 0 Å². The number of carbonyl (C=O) groups excluding carboxylic acids is 1. The third kappa shape index (κ3) is 32.7. The lowest BCUT2D eigenvalue weighted by atomic mass is 9.95. The molecule has 0 spiro atoms. The summed E-state index contributed by atoms with van der Waals surface area (Å²) in [6.07, 6.45) is 44.6. The summed E-state index contributed by atoms with van der Waals surface area (Å²) in [5, 5.41) is 32.0. The fourth-order valence-corrected chi connectivity index (χ4v) is 7.42. The molecule has 3 atom stereocenters. The van der Waals surface area contributed by atoms with Crippen molar-refractivity contribution >= 4 is 11.9 Å². The number of likely N-dealkylation sites (N-methyl/N-ethyl adjacent to an activating group) is 1. The number of carboxylic acids is 2. The van der Waals surface area contributed by atoms with Gasteiger partial charge in [0.2, 0.25) is 0 Å². The molecule has 3 unspecified atom stereocenters. The minimum absolute atomic E-state index is 0.0922. The number of aliphatic hydroxyl groups is 1. The van der Waals surface area contributed by atoms with Crippen LogP contribution in [-0.2, 0) is 9.59 Å². The molecule has 6 heteroatoms. The van der Waals surface area contributed by atoms with E-state index in [2.05, 4.69) is 38.2 Å². The van der Waals surface area contributed by atoms with Crippen molar-refractivity contribution in [2.45, 2.75) is 206 Å². The van der Waals surface area contributed by atoms with E-state index in [0.717, 1.165) is 51.4 Å². The molecule has 0 aromatic carbocycles. The lowest BCUT2D eigenvalue weighted by Gasteiger charge is -2.39. The zero-order valence-electron chi connectivity index (χ0n) is 34.1. The maximum absolute atomic E-state index is 12.2. The molecule has 0 heterocycles. The Morgan fingerprint density at radius 3 is 1.18 bits per heavy atom. The molecular weight excluding hydrogens is 634 g/mol. The Bertz CT molecular complexity index is 778. The first kappa shape index (κ1) is 49.3. The van der Waals surface area contributed by atoms with Crippen molar-refractivity contribution in [1.29, 1.82) is 0 Å². The second kappa shape index (κ2) is 36.7. The molecule has 0 fully saturated rings. The van der Waals surface area contributed by atoms with Gasteiger partial charge in [-0.25, -0.2) is 0 Å². The number of nitrogens with zero attached hydrogens (tertiary/aromatic N) is 1. The van der Waals surface area contributed by atoms with Crippen molar-refractivity contribution in [3.8, 4) is 0 Å². The molecule has 0 aromatic heterocycles. The Balaban J connectivity index is 4.26. The van der Waals surface area contributed by atoms with Crippen LogP contribution < -0.4 is 5.11 Å². The molecule has 51 heavy (non-hydrogen) atoms. The molecular formula is C45H85NO5. The van der Waals surface area contributed by atoms with Gasteiger partial charge in [0.05, 0.1) is 32.7 Å². The zero-order chi connectivity index (χ0) is 37.7. The van der Waals surface area contributed by atoms with E-state index < -0.39 is 23.8 Å². The van der Waals surface area contributed by atoms with Crippen molar-refractivity contribution < 1.29 is 29.4 Å². The van der Waals surface area contributed by atoms with Crippen LogP contribution in [-0.4, -0.2) is 59.9 Å². The summed E-state index contributed by atoms with van der Waals surface area (Å²) in [4.78, 5) is 24.3. The largest absolute Gasteiger partial charge is 0.550 e. The van der Waals surface area contributed by atoms with E-state index in [9.17, 15) is 24.9 Å². The van der Waals surface area contributed by atoms with Crippen LogP contribution in [0.1, 0.15) is 206 Å². The quantitative estimate of drug-likeness (QED) is 0.0373. The predicted molar refractivity (Wildman–Crippen MR) is 216 cm³/mol. The molecule has 0 radical (unpaired) electrons. The van der Waals surface area contributed by atoms with Gasteiger partial charge in [0, 0.05) is 5.92 Å². The number of quaternary nitrogens is 1. The molecule has 0 aliphatic heterocycles. The number of unbranched alkanes of at least 4 members (excludes halogenated alkanes) is 24. The molecule has 0 amide bonds. The summed E-state index contributed by atoms with van der Waals surface area (Å²) < 4.78 is 0.255. The number of hydrogen-bond acceptors (Lipinski definition) is 4. The van der Waals surface area contributed by atoms with Crippen molar-refractivity contribution in [2.24, 2.45) is 11.8 Å². The van der Waals surface area contributed by atoms with E-state index in [1.807, 2.05) is 7.05 Å². The first-order chi connectivity index (χ1) is 24.8. The first-order valence-electron chi connectivity index (χ1n) is 22.0. The molecule has 0 aliphatic rings. The van der Waals surface area contributed by atoms with Crippen LogP contribution >= 0.6 is 0 Å². The lowest BCUT2D eigenvalue weighted by Crippen LogP contribution is -2.55. The van der Waals surface area contributed by atoms with Crippen molar-refractivity contribution in [3.05, 3.63) is 24.3 Å². The number of rotatable bonds is 40. The Kier molecular flexibility index (Phi) is 35.5. The fraction of sp³-hybridized carbons (Fsp3) is 0.867. The molecule has 0 saturated heterocycles. The van der Waals surface area contributed by atoms with Crippen molar-refractivity contribution in [2.75, 3.05) is 33.3 Å². The highest BCUT2D eigenvalue weighted by Crippen LogP contribution is 2.22. The van der Waals surface area contributed by atoms with Gasteiger partial charge in [-0.2, -0.15) is 0 Å². The number of hydrogen-bond donors (Lipinski definition) is 2. The van der Waals surface area contributed by atoms with Gasteiger partial charge in [-0.15, -0.1) is 0 Å². The minimum Gasteiger partial charge on any atom is -0.550 e. The first-order valence-corrected chi connectivity index (χ1v) is 22.0. The Morgan fingerprint density at radius 2 is 0.843 bits per heavy atom. The smallest absolute Gasteiger partial charge is 0.312 e. The maximum Gasteiger partial charge on any atom is 0.312 e. The average Bonchev–Trinajstić information content (AvgIpc) is 3.10. The van der Waals surface area contributed by atoms with Crippen LogP contribution in [0.4, 0.5) is 0 Å². The van der Waals surface area contributed by atoms with Crippen LogP contribution in [0, 0.1) is 11.8 Å². The number of aliphatic carboxylic acids is 2. The van der Waals surface area contributed by atoms with E-state index in [1.165, 1.54) is 128 Å². The van der Waals surface area contributed by atoms with Crippen molar-refractivity contribution in [3.63, 3.8) is 0 Å². The number of carbonyl (C=O) groups is 2. The zero-order valence-corrected chi connectivity index (χ0v) is 34.1. The standard InChI is InChI=1S/C45H85NO5/c1-4-6-8-10-12-14-16-18-20-22-24-26-28-30-32-34-36-42(44(48)49)40-46(3,38-39-47)41-43(45(50)51)37-35-33-31-29-27-25-23-21-19-17-15-13-11-9-7-5-2/h18-21,42-43,47H,4-17,22-41H2,1-3H3,(H-,48,49,50,51)/b20-18-,21-19-. The number of carboxylic acid groups (broad SMARTS) is 2. The van der Waals surface area contributed by atoms with E-state index in [-0.39, 0.29) is 11.1 Å². The Labute approximate surface area is 316 Å². The molecule has 300 valence electrons. The van der Waals surface area contributed by atoms with Gasteiger partial charge < -0.3 is 24.6 Å². The van der Waals surface area contributed by atoms with Crippen molar-refractivity contribution in [1.82, 2.24) is 0 Å². The second-order valence-electron chi connectivity index (χ2n) is 15.9. The Hall–Kier alpha value is -1.66. The number of allylic oxidation sites excluding steroid dienone is 4. The third-order valence-electron chi connectivity index (χ3n) is 10.8. The fourth-order valence-electron chi connectivity index (χ4n) is 7.42. The van der Waals surface area contributed by atoms with Crippen LogP contribution in [0.2, 0.25) is 0 Å². The molecule has 2 N–H and O–H groups in total. The van der Waals surface area contributed by atoms with Gasteiger partial charge in [0.15, 0.2) is 0 Å². The highest BCUT2D eigenvalue weighted by Gasteiger charge is 2.33. The molecule has 0 aromatic rings. The molecule has 0 bridgehead atoms. The second-order valence-corrected chi connectivity index (χ2v) is 15.9. The molecule has 0 saturated carbocycles. The van der Waals surface area contributed by atoms with E-state index in [0.29, 0.717) is 32.5 Å². The topological polar surface area (TPSA) is 97.7 Å². The SMILES string of the molecule is CCCCCCCC/C=C\CCCCCCCCC(C[N+](C)(CCO)CC(CCCCCCCC/C=C\CCCCCCCC)C(=O)O)C(=O)[O-]. The molecule has 0 aliphatic carbocycles. The highest BCUT2D eigenvalue weighted by molar-refractivity contribution is 5.70. The van der Waals surface area contributed by atoms with Gasteiger partial charge in [-0.1, -0.05) is 167 Å². The Morgan fingerprint density at radius 1 is 0.529 bits per heavy atom. The van der Waals surface area contributed by atoms with E-state index in [4.69, 9.17) is 0 Å². The van der Waals surface area contributed by atoms with Gasteiger partial charge in [0.1, 0.15) is 12.5 Å². The molecule has 6 nitrogen and oxygen atoms in total. The summed E-state index contributed by atoms with van der Waals surface area (Å²) >= 11 is 0. The van der Waals surface area contributed by atoms with Crippen LogP contribution in [0.3, 0.4) is 0 Å². The van der Waals surface area contributed by atoms with Gasteiger partial charge in [-0.3, -0.25) is 4.79 Å². The monoisotopic (exact) mass is 720 g/mol.